The molecule has 0 spiro atoms. The van der Waals surface area contributed by atoms with Gasteiger partial charge in [-0.1, -0.05) is 261 Å². The fourth-order valence-electron chi connectivity index (χ4n) is 9.44. The molecule has 0 fully saturated rings. The second-order valence-electron chi connectivity index (χ2n) is 23.6. The number of unbranched alkanes of at least 4 members (excludes halogenated alkanes) is 34. The van der Waals surface area contributed by atoms with E-state index in [9.17, 15) is 19.0 Å². The zero-order chi connectivity index (χ0) is 57.9. The summed E-state index contributed by atoms with van der Waals surface area (Å²) in [5.41, 5.74) is 0. The Morgan fingerprint density at radius 1 is 0.443 bits per heavy atom. The molecule has 0 bridgehead atoms. The van der Waals surface area contributed by atoms with Crippen LogP contribution in [0.4, 0.5) is 0 Å². The lowest BCUT2D eigenvalue weighted by molar-refractivity contribution is -0.870. The molecule has 460 valence electrons. The summed E-state index contributed by atoms with van der Waals surface area (Å²) >= 11 is 0. The van der Waals surface area contributed by atoms with E-state index in [0.717, 1.165) is 77.0 Å². The Morgan fingerprint density at radius 2 is 0.772 bits per heavy atom. The highest BCUT2D eigenvalue weighted by molar-refractivity contribution is 7.45. The molecule has 0 heterocycles. The van der Waals surface area contributed by atoms with Crippen molar-refractivity contribution in [2.75, 3.05) is 40.9 Å². The summed E-state index contributed by atoms with van der Waals surface area (Å²) in [5.74, 6) is -0.572. The molecule has 0 aromatic rings. The van der Waals surface area contributed by atoms with Gasteiger partial charge in [0.15, 0.2) is 0 Å². The van der Waals surface area contributed by atoms with Crippen molar-refractivity contribution in [2.45, 2.75) is 315 Å². The Morgan fingerprint density at radius 3 is 1.20 bits per heavy atom. The summed E-state index contributed by atoms with van der Waals surface area (Å²) in [4.78, 5) is 40.0. The first-order valence-electron chi connectivity index (χ1n) is 33.2. The molecule has 0 saturated heterocycles. The van der Waals surface area contributed by atoms with Crippen LogP contribution in [0.1, 0.15) is 303 Å². The average Bonchev–Trinajstić information content (AvgIpc) is 3.41. The first-order valence-corrected chi connectivity index (χ1v) is 34.7. The van der Waals surface area contributed by atoms with Crippen LogP contribution in [0.15, 0.2) is 72.9 Å². The van der Waals surface area contributed by atoms with Gasteiger partial charge in [-0.25, -0.2) is 0 Å². The molecule has 9 nitrogen and oxygen atoms in total. The zero-order valence-electron chi connectivity index (χ0n) is 52.6. The Bertz CT molecular complexity index is 1580. The quantitative estimate of drug-likeness (QED) is 0.0212. The number of phosphoric ester groups is 1. The van der Waals surface area contributed by atoms with Gasteiger partial charge in [0.2, 0.25) is 5.91 Å². The molecule has 0 rings (SSSR count). The lowest BCUT2D eigenvalue weighted by Crippen LogP contribution is -2.47. The second kappa shape index (κ2) is 58.6. The number of likely N-dealkylation sites (N-methyl/N-ethyl adjacent to an activating group) is 1. The fourth-order valence-corrected chi connectivity index (χ4v) is 10.2. The predicted molar refractivity (Wildman–Crippen MR) is 339 cm³/mol. The van der Waals surface area contributed by atoms with Crippen LogP contribution in [-0.2, 0) is 27.9 Å². The van der Waals surface area contributed by atoms with Crippen molar-refractivity contribution in [3.8, 4) is 0 Å². The zero-order valence-corrected chi connectivity index (χ0v) is 53.5. The third-order valence-electron chi connectivity index (χ3n) is 14.6. The molecule has 10 heteroatoms. The van der Waals surface area contributed by atoms with Gasteiger partial charge < -0.3 is 28.5 Å². The predicted octanol–water partition coefficient (Wildman–Crippen LogP) is 20.2. The van der Waals surface area contributed by atoms with Crippen molar-refractivity contribution in [3.63, 3.8) is 0 Å². The van der Waals surface area contributed by atoms with Gasteiger partial charge in [0, 0.05) is 12.8 Å². The maximum absolute atomic E-state index is 13.5. The maximum atomic E-state index is 13.5. The summed E-state index contributed by atoms with van der Waals surface area (Å²) in [6, 6.07) is -0.907. The van der Waals surface area contributed by atoms with E-state index in [0.29, 0.717) is 17.4 Å². The minimum Gasteiger partial charge on any atom is -0.756 e. The van der Waals surface area contributed by atoms with Gasteiger partial charge in [-0.05, 0) is 102 Å². The number of quaternary nitrogens is 1. The first kappa shape index (κ1) is 76.5. The highest BCUT2D eigenvalue weighted by Gasteiger charge is 2.27. The number of esters is 1. The summed E-state index contributed by atoms with van der Waals surface area (Å²) < 4.78 is 30.3. The van der Waals surface area contributed by atoms with Gasteiger partial charge in [0.1, 0.15) is 19.3 Å². The Labute approximate surface area is 489 Å². The third kappa shape index (κ3) is 59.9. The number of hydrogen-bond donors (Lipinski definition) is 1. The molecule has 0 aliphatic carbocycles. The van der Waals surface area contributed by atoms with Crippen molar-refractivity contribution in [3.05, 3.63) is 72.9 Å². The normalized spacial score (nSPS) is 14.1. The number of hydrogen-bond acceptors (Lipinski definition) is 7. The molecular weight excluding hydrogens is 1000 g/mol. The standard InChI is InChI=1S/C69H127N2O7P/c1-7-10-13-16-19-22-25-27-29-31-33-34-35-36-38-40-42-44-47-50-53-56-59-62-69(73)78-67(60-57-54-51-48-45-24-21-18-15-12-9-3)66(65-77-79(74,75)76-64-63-71(4,5)6)70-68(72)61-58-55-52-49-46-43-41-39-37-32-30-28-26-23-20-17-14-11-8-2/h20,23,27-30,37,39,43,46,57,60,66-67H,7-19,21-22,24-26,31-36,38,40-42,44-45,47-56,58-59,61-65H2,1-6H3,(H-,70,72,74,75)/b23-20-,29-27+,30-28-,39-37-,46-43-,60-57+. The van der Waals surface area contributed by atoms with Gasteiger partial charge in [-0.3, -0.25) is 14.2 Å². The van der Waals surface area contributed by atoms with Crippen molar-refractivity contribution in [1.29, 1.82) is 0 Å². The number of ether oxygens (including phenoxy) is 1. The van der Waals surface area contributed by atoms with Crippen molar-refractivity contribution >= 4 is 19.7 Å². The molecule has 79 heavy (non-hydrogen) atoms. The number of rotatable bonds is 60. The average molecular weight is 1130 g/mol. The largest absolute Gasteiger partial charge is 0.756 e. The first-order chi connectivity index (χ1) is 38.4. The molecule has 0 aromatic heterocycles. The SMILES string of the molecule is CCCCC/C=C\C/C=C\C/C=C\C/C=C\CCCCCC(=O)NC(COP(=O)([O-])OCC[N+](C)(C)C)C(/C=C/CCCCCCCCCCC)OC(=O)CCCCCCCCCCCCCCC/C=C/CCCCCCCC. The Hall–Kier alpha value is -2.55. The number of phosphoric acid groups is 1. The smallest absolute Gasteiger partial charge is 0.306 e. The molecular formula is C69H127N2O7P. The van der Waals surface area contributed by atoms with Crippen LogP contribution in [0.25, 0.3) is 0 Å². The minimum atomic E-state index is -4.71. The topological polar surface area (TPSA) is 114 Å². The van der Waals surface area contributed by atoms with Gasteiger partial charge in [0.05, 0.1) is 33.8 Å². The molecule has 3 atom stereocenters. The van der Waals surface area contributed by atoms with Crippen LogP contribution in [0.5, 0.6) is 0 Å². The lowest BCUT2D eigenvalue weighted by atomic mass is 10.0. The fraction of sp³-hybridized carbons (Fsp3) is 0.797. The van der Waals surface area contributed by atoms with E-state index in [1.165, 1.54) is 186 Å². The molecule has 0 saturated carbocycles. The Kier molecular flexibility index (Phi) is 56.7. The van der Waals surface area contributed by atoms with Crippen LogP contribution < -0.4 is 10.2 Å². The highest BCUT2D eigenvalue weighted by atomic mass is 31.2. The summed E-state index contributed by atoms with van der Waals surface area (Å²) in [7, 11) is 1.16. The second-order valence-corrected chi connectivity index (χ2v) is 25.0. The molecule has 1 amide bonds. The van der Waals surface area contributed by atoms with E-state index in [2.05, 4.69) is 86.8 Å². The van der Waals surface area contributed by atoms with E-state index in [4.69, 9.17) is 13.8 Å². The van der Waals surface area contributed by atoms with Crippen molar-refractivity contribution in [2.24, 2.45) is 0 Å². The maximum Gasteiger partial charge on any atom is 0.306 e. The number of carbonyl (C=O) groups is 2. The summed E-state index contributed by atoms with van der Waals surface area (Å²) in [6.45, 7) is 6.80. The van der Waals surface area contributed by atoms with Crippen LogP contribution in [0, 0.1) is 0 Å². The number of amides is 1. The van der Waals surface area contributed by atoms with E-state index >= 15 is 0 Å². The van der Waals surface area contributed by atoms with Crippen molar-refractivity contribution < 1.29 is 37.3 Å². The van der Waals surface area contributed by atoms with Gasteiger partial charge in [-0.2, -0.15) is 0 Å². The molecule has 3 unspecified atom stereocenters. The number of carbonyl (C=O) groups excluding carboxylic acids is 2. The monoisotopic (exact) mass is 1130 g/mol. The summed E-state index contributed by atoms with van der Waals surface area (Å²) in [6.07, 6.45) is 75.9. The van der Waals surface area contributed by atoms with Crippen LogP contribution in [0.2, 0.25) is 0 Å². The molecule has 0 aliphatic heterocycles. The highest BCUT2D eigenvalue weighted by Crippen LogP contribution is 2.38. The van der Waals surface area contributed by atoms with Crippen molar-refractivity contribution in [1.82, 2.24) is 5.32 Å². The number of nitrogens with one attached hydrogen (secondary N) is 1. The van der Waals surface area contributed by atoms with Crippen LogP contribution in [0.3, 0.4) is 0 Å². The van der Waals surface area contributed by atoms with Gasteiger partial charge in [-0.15, -0.1) is 0 Å². The van der Waals surface area contributed by atoms with Crippen LogP contribution >= 0.6 is 7.82 Å². The Balaban J connectivity index is 5.16. The summed E-state index contributed by atoms with van der Waals surface area (Å²) in [5, 5.41) is 3.02. The minimum absolute atomic E-state index is 0.0303. The molecule has 0 radical (unpaired) electrons. The molecule has 1 N–H and O–H groups in total. The molecule has 0 aliphatic rings. The van der Waals surface area contributed by atoms with Gasteiger partial charge in [0.25, 0.3) is 7.82 Å². The van der Waals surface area contributed by atoms with Crippen LogP contribution in [-0.4, -0.2) is 69.4 Å². The van der Waals surface area contributed by atoms with E-state index < -0.39 is 26.6 Å². The van der Waals surface area contributed by atoms with E-state index in [-0.39, 0.29) is 31.3 Å². The van der Waals surface area contributed by atoms with E-state index in [1.54, 1.807) is 0 Å². The number of allylic oxidation sites excluding steroid dienone is 11. The number of nitrogens with zero attached hydrogens (tertiary/aromatic N) is 1. The lowest BCUT2D eigenvalue weighted by Gasteiger charge is -2.30. The molecule has 0 aromatic carbocycles. The van der Waals surface area contributed by atoms with Gasteiger partial charge >= 0.3 is 5.97 Å². The van der Waals surface area contributed by atoms with E-state index in [1.807, 2.05) is 33.3 Å². The third-order valence-corrected chi connectivity index (χ3v) is 15.6.